The SMILES string of the molecule is COCCCn1c(SC(C)C(=O)c2ccc(F)cc2)nc2ccccc2c1=O. The van der Waals surface area contributed by atoms with E-state index in [-0.39, 0.29) is 17.2 Å². The predicted octanol–water partition coefficient (Wildman–Crippen LogP) is 3.94. The number of ketones is 1. The number of nitrogens with zero attached hydrogens (tertiary/aromatic N) is 2. The number of halogens is 1. The third kappa shape index (κ3) is 4.48. The Morgan fingerprint density at radius 2 is 1.93 bits per heavy atom. The lowest BCUT2D eigenvalue weighted by Crippen LogP contribution is -2.25. The average Bonchev–Trinajstić information content (AvgIpc) is 2.70. The molecule has 146 valence electrons. The molecular formula is C21H21FN2O3S. The molecule has 28 heavy (non-hydrogen) atoms. The van der Waals surface area contributed by atoms with Gasteiger partial charge < -0.3 is 4.74 Å². The van der Waals surface area contributed by atoms with Crippen molar-refractivity contribution in [3.63, 3.8) is 0 Å². The maximum absolute atomic E-state index is 13.1. The molecule has 0 spiro atoms. The number of ether oxygens (including phenoxy) is 1. The van der Waals surface area contributed by atoms with Crippen LogP contribution in [0.15, 0.2) is 58.5 Å². The fourth-order valence-corrected chi connectivity index (χ4v) is 3.87. The highest BCUT2D eigenvalue weighted by molar-refractivity contribution is 8.00. The van der Waals surface area contributed by atoms with Gasteiger partial charge in [-0.15, -0.1) is 0 Å². The average molecular weight is 400 g/mol. The van der Waals surface area contributed by atoms with Crippen molar-refractivity contribution in [2.45, 2.75) is 30.3 Å². The lowest BCUT2D eigenvalue weighted by Gasteiger charge is -2.16. The molecule has 0 radical (unpaired) electrons. The maximum Gasteiger partial charge on any atom is 0.262 e. The molecule has 0 aliphatic rings. The largest absolute Gasteiger partial charge is 0.385 e. The zero-order valence-electron chi connectivity index (χ0n) is 15.7. The first-order valence-electron chi connectivity index (χ1n) is 8.96. The number of methoxy groups -OCH3 is 1. The first-order valence-corrected chi connectivity index (χ1v) is 9.84. The zero-order chi connectivity index (χ0) is 20.1. The Morgan fingerprint density at radius 3 is 2.64 bits per heavy atom. The van der Waals surface area contributed by atoms with E-state index in [4.69, 9.17) is 4.74 Å². The van der Waals surface area contributed by atoms with Crippen LogP contribution < -0.4 is 5.56 Å². The highest BCUT2D eigenvalue weighted by atomic mass is 32.2. The van der Waals surface area contributed by atoms with Gasteiger partial charge in [0, 0.05) is 25.8 Å². The molecule has 5 nitrogen and oxygen atoms in total. The highest BCUT2D eigenvalue weighted by Crippen LogP contribution is 2.25. The van der Waals surface area contributed by atoms with Gasteiger partial charge in [0.25, 0.3) is 5.56 Å². The summed E-state index contributed by atoms with van der Waals surface area (Å²) in [6, 6.07) is 12.6. The quantitative estimate of drug-likeness (QED) is 0.248. The maximum atomic E-state index is 13.1. The molecule has 0 fully saturated rings. The molecule has 0 N–H and O–H groups in total. The van der Waals surface area contributed by atoms with Crippen LogP contribution in [0.25, 0.3) is 10.9 Å². The van der Waals surface area contributed by atoms with Crippen LogP contribution in [-0.4, -0.2) is 34.3 Å². The fourth-order valence-electron chi connectivity index (χ4n) is 2.86. The molecule has 0 aliphatic carbocycles. The zero-order valence-corrected chi connectivity index (χ0v) is 16.5. The molecule has 0 aliphatic heterocycles. The van der Waals surface area contributed by atoms with Crippen LogP contribution in [0.3, 0.4) is 0 Å². The molecule has 1 atom stereocenters. The van der Waals surface area contributed by atoms with Crippen LogP contribution in [0.1, 0.15) is 23.7 Å². The van der Waals surface area contributed by atoms with Gasteiger partial charge >= 0.3 is 0 Å². The molecule has 7 heteroatoms. The van der Waals surface area contributed by atoms with E-state index in [1.54, 1.807) is 36.8 Å². The van der Waals surface area contributed by atoms with Gasteiger partial charge in [-0.3, -0.25) is 14.2 Å². The summed E-state index contributed by atoms with van der Waals surface area (Å²) in [5.41, 5.74) is 0.889. The van der Waals surface area contributed by atoms with Crippen molar-refractivity contribution in [2.75, 3.05) is 13.7 Å². The third-order valence-electron chi connectivity index (χ3n) is 4.34. The number of Topliss-reactive ketones (excluding diaryl/α,β-unsaturated/α-hetero) is 1. The summed E-state index contributed by atoms with van der Waals surface area (Å²) in [4.78, 5) is 30.3. The number of thioether (sulfide) groups is 1. The van der Waals surface area contributed by atoms with Crippen molar-refractivity contribution in [1.82, 2.24) is 9.55 Å². The molecular weight excluding hydrogens is 379 g/mol. The summed E-state index contributed by atoms with van der Waals surface area (Å²) >= 11 is 1.23. The number of aromatic nitrogens is 2. The Labute approximate surface area is 166 Å². The molecule has 1 aromatic heterocycles. The number of rotatable bonds is 8. The van der Waals surface area contributed by atoms with Crippen LogP contribution in [0.2, 0.25) is 0 Å². The van der Waals surface area contributed by atoms with E-state index in [0.29, 0.717) is 41.2 Å². The second kappa shape index (κ2) is 9.12. The lowest BCUT2D eigenvalue weighted by atomic mass is 10.1. The minimum atomic E-state index is -0.479. The summed E-state index contributed by atoms with van der Waals surface area (Å²) in [5, 5.41) is 0.553. The van der Waals surface area contributed by atoms with E-state index >= 15 is 0 Å². The highest BCUT2D eigenvalue weighted by Gasteiger charge is 2.20. The van der Waals surface area contributed by atoms with Crippen LogP contribution >= 0.6 is 11.8 Å². The first kappa shape index (κ1) is 20.2. The van der Waals surface area contributed by atoms with Gasteiger partial charge in [0.1, 0.15) is 5.82 Å². The van der Waals surface area contributed by atoms with Crippen molar-refractivity contribution in [1.29, 1.82) is 0 Å². The molecule has 0 bridgehead atoms. The van der Waals surface area contributed by atoms with Crippen molar-refractivity contribution in [3.8, 4) is 0 Å². The number of hydrogen-bond donors (Lipinski definition) is 0. The summed E-state index contributed by atoms with van der Waals surface area (Å²) in [7, 11) is 1.61. The molecule has 1 heterocycles. The molecule has 3 aromatic rings. The number of fused-ring (bicyclic) bond motifs is 1. The minimum Gasteiger partial charge on any atom is -0.385 e. The molecule has 2 aromatic carbocycles. The Kier molecular flexibility index (Phi) is 6.59. The monoisotopic (exact) mass is 400 g/mol. The van der Waals surface area contributed by atoms with E-state index in [1.165, 1.54) is 36.0 Å². The molecule has 0 amide bonds. The van der Waals surface area contributed by atoms with E-state index in [1.807, 2.05) is 6.07 Å². The first-order chi connectivity index (χ1) is 13.5. The molecule has 0 saturated heterocycles. The van der Waals surface area contributed by atoms with Crippen LogP contribution in [0.5, 0.6) is 0 Å². The predicted molar refractivity (Wildman–Crippen MR) is 109 cm³/mol. The Hall–Kier alpha value is -2.51. The number of hydrogen-bond acceptors (Lipinski definition) is 5. The standard InChI is InChI=1S/C21H21FN2O3S/c1-14(19(25)15-8-10-16(22)11-9-15)28-21-23-18-7-4-3-6-17(18)20(26)24(21)12-5-13-27-2/h3-4,6-11,14H,5,12-13H2,1-2H3. The van der Waals surface area contributed by atoms with Gasteiger partial charge in [0.15, 0.2) is 10.9 Å². The van der Waals surface area contributed by atoms with E-state index in [0.717, 1.165) is 0 Å². The third-order valence-corrected chi connectivity index (χ3v) is 5.43. The number of carbonyl (C=O) groups excluding carboxylic acids is 1. The number of para-hydroxylation sites is 1. The van der Waals surface area contributed by atoms with E-state index in [2.05, 4.69) is 4.98 Å². The van der Waals surface area contributed by atoms with Crippen molar-refractivity contribution >= 4 is 28.4 Å². The Bertz CT molecular complexity index is 1030. The topological polar surface area (TPSA) is 61.2 Å². The second-order valence-electron chi connectivity index (χ2n) is 6.35. The van der Waals surface area contributed by atoms with Gasteiger partial charge in [-0.25, -0.2) is 9.37 Å². The normalized spacial score (nSPS) is 12.2. The smallest absolute Gasteiger partial charge is 0.262 e. The summed E-state index contributed by atoms with van der Waals surface area (Å²) in [6.07, 6.45) is 0.657. The van der Waals surface area contributed by atoms with Crippen molar-refractivity contribution in [3.05, 3.63) is 70.3 Å². The molecule has 3 rings (SSSR count). The van der Waals surface area contributed by atoms with Gasteiger partial charge in [0.05, 0.1) is 16.2 Å². The van der Waals surface area contributed by atoms with Crippen LogP contribution in [0, 0.1) is 5.82 Å². The van der Waals surface area contributed by atoms with Gasteiger partial charge in [-0.1, -0.05) is 23.9 Å². The summed E-state index contributed by atoms with van der Waals surface area (Å²) in [6.45, 7) is 2.73. The van der Waals surface area contributed by atoms with E-state index < -0.39 is 5.25 Å². The van der Waals surface area contributed by atoms with Crippen molar-refractivity contribution < 1.29 is 13.9 Å². The van der Waals surface area contributed by atoms with Crippen molar-refractivity contribution in [2.24, 2.45) is 0 Å². The number of carbonyl (C=O) groups is 1. The van der Waals surface area contributed by atoms with E-state index in [9.17, 15) is 14.0 Å². The molecule has 0 saturated carbocycles. The van der Waals surface area contributed by atoms with Gasteiger partial charge in [0.2, 0.25) is 0 Å². The Morgan fingerprint density at radius 1 is 1.21 bits per heavy atom. The van der Waals surface area contributed by atoms with Crippen LogP contribution in [-0.2, 0) is 11.3 Å². The van der Waals surface area contributed by atoms with Gasteiger partial charge in [-0.2, -0.15) is 0 Å². The second-order valence-corrected chi connectivity index (χ2v) is 7.65. The lowest BCUT2D eigenvalue weighted by molar-refractivity contribution is 0.0993. The number of benzene rings is 2. The summed E-state index contributed by atoms with van der Waals surface area (Å²) < 4.78 is 19.8. The fraction of sp³-hybridized carbons (Fsp3) is 0.286. The van der Waals surface area contributed by atoms with Gasteiger partial charge in [-0.05, 0) is 49.7 Å². The molecule has 1 unspecified atom stereocenters. The van der Waals surface area contributed by atoms with Crippen LogP contribution in [0.4, 0.5) is 4.39 Å². The Balaban J connectivity index is 1.93. The minimum absolute atomic E-state index is 0.134. The summed E-state index contributed by atoms with van der Waals surface area (Å²) in [5.74, 6) is -0.532.